The fourth-order valence-electron chi connectivity index (χ4n) is 4.82. The number of nitrogens with zero attached hydrogens (tertiary/aromatic N) is 2. The Morgan fingerprint density at radius 1 is 1.28 bits per heavy atom. The largest absolute Gasteiger partial charge is 0.370 e. The molecule has 1 spiro atoms. The molecule has 4 unspecified atom stereocenters. The molecule has 3 rings (SSSR count). The summed E-state index contributed by atoms with van der Waals surface area (Å²) in [5.74, 6) is 2.99. The molecular formula is C15H27N3. The van der Waals surface area contributed by atoms with Gasteiger partial charge in [0.2, 0.25) is 0 Å². The van der Waals surface area contributed by atoms with Gasteiger partial charge in [-0.2, -0.15) is 0 Å². The van der Waals surface area contributed by atoms with Crippen molar-refractivity contribution in [3.63, 3.8) is 0 Å². The first-order valence-electron chi connectivity index (χ1n) is 7.48. The van der Waals surface area contributed by atoms with E-state index in [1.807, 2.05) is 7.05 Å². The van der Waals surface area contributed by atoms with Crippen LogP contribution in [-0.4, -0.2) is 44.0 Å². The molecule has 1 heterocycles. The Labute approximate surface area is 111 Å². The van der Waals surface area contributed by atoms with Crippen molar-refractivity contribution < 1.29 is 0 Å². The van der Waals surface area contributed by atoms with Crippen LogP contribution in [0.4, 0.5) is 0 Å². The van der Waals surface area contributed by atoms with E-state index >= 15 is 0 Å². The van der Waals surface area contributed by atoms with Crippen molar-refractivity contribution in [3.8, 4) is 0 Å². The van der Waals surface area contributed by atoms with Crippen LogP contribution < -0.4 is 5.32 Å². The fraction of sp³-hybridized carbons (Fsp3) is 0.933. The highest BCUT2D eigenvalue weighted by Gasteiger charge is 2.58. The SMILES string of the molecule is CN=C1NC2CC(N(C)C)C(C)CC2C12CCC2. The summed E-state index contributed by atoms with van der Waals surface area (Å²) in [6, 6.07) is 1.40. The Bertz CT molecular complexity index is 357. The zero-order chi connectivity index (χ0) is 12.9. The van der Waals surface area contributed by atoms with Gasteiger partial charge >= 0.3 is 0 Å². The van der Waals surface area contributed by atoms with Crippen molar-refractivity contribution in [2.75, 3.05) is 21.1 Å². The molecule has 0 bridgehead atoms. The van der Waals surface area contributed by atoms with E-state index in [-0.39, 0.29) is 0 Å². The third-order valence-electron chi connectivity index (χ3n) is 5.90. The number of nitrogens with one attached hydrogen (secondary N) is 1. The average molecular weight is 249 g/mol. The molecule has 1 aliphatic heterocycles. The first-order valence-corrected chi connectivity index (χ1v) is 7.48. The summed E-state index contributed by atoms with van der Waals surface area (Å²) in [5.41, 5.74) is 0.449. The molecule has 1 saturated heterocycles. The standard InChI is InChI=1S/C15H27N3/c1-10-8-11-12(9-13(10)18(3)4)17-14(16-2)15(11)6-5-7-15/h10-13H,5-9H2,1-4H3,(H,16,17). The van der Waals surface area contributed by atoms with Crippen LogP contribution in [0.5, 0.6) is 0 Å². The normalized spacial score (nSPS) is 43.9. The number of fused-ring (bicyclic) bond motifs is 2. The number of hydrogen-bond donors (Lipinski definition) is 1. The van der Waals surface area contributed by atoms with Gasteiger partial charge in [-0.25, -0.2) is 0 Å². The first kappa shape index (κ1) is 12.5. The Hall–Kier alpha value is -0.570. The topological polar surface area (TPSA) is 27.6 Å². The lowest BCUT2D eigenvalue weighted by Gasteiger charge is -2.48. The molecule has 3 fully saturated rings. The van der Waals surface area contributed by atoms with Crippen LogP contribution in [-0.2, 0) is 0 Å². The second-order valence-corrected chi connectivity index (χ2v) is 6.92. The van der Waals surface area contributed by atoms with Crippen LogP contribution in [0.3, 0.4) is 0 Å². The third kappa shape index (κ3) is 1.56. The van der Waals surface area contributed by atoms with Gasteiger partial charge < -0.3 is 10.2 Å². The summed E-state index contributed by atoms with van der Waals surface area (Å²) >= 11 is 0. The predicted octanol–water partition coefficient (Wildman–Crippen LogP) is 2.13. The minimum Gasteiger partial charge on any atom is -0.370 e. The Morgan fingerprint density at radius 3 is 2.50 bits per heavy atom. The lowest BCUT2D eigenvalue weighted by atomic mass is 9.56. The van der Waals surface area contributed by atoms with Crippen molar-refractivity contribution in [2.24, 2.45) is 22.2 Å². The molecule has 0 aromatic heterocycles. The molecule has 0 radical (unpaired) electrons. The number of amidine groups is 1. The van der Waals surface area contributed by atoms with E-state index in [0.29, 0.717) is 11.5 Å². The maximum atomic E-state index is 4.57. The highest BCUT2D eigenvalue weighted by Crippen LogP contribution is 2.56. The second-order valence-electron chi connectivity index (χ2n) is 6.92. The van der Waals surface area contributed by atoms with Gasteiger partial charge in [0.05, 0.1) is 0 Å². The molecule has 102 valence electrons. The van der Waals surface area contributed by atoms with Crippen molar-refractivity contribution in [3.05, 3.63) is 0 Å². The van der Waals surface area contributed by atoms with Crippen LogP contribution >= 0.6 is 0 Å². The van der Waals surface area contributed by atoms with Gasteiger partial charge in [0.15, 0.2) is 0 Å². The second kappa shape index (κ2) is 4.22. The lowest BCUT2D eigenvalue weighted by molar-refractivity contribution is 0.0471. The van der Waals surface area contributed by atoms with Gasteiger partial charge in [0, 0.05) is 24.5 Å². The minimum absolute atomic E-state index is 0.449. The summed E-state index contributed by atoms with van der Waals surface area (Å²) in [4.78, 5) is 6.99. The molecule has 3 nitrogen and oxygen atoms in total. The van der Waals surface area contributed by atoms with E-state index in [2.05, 4.69) is 36.2 Å². The van der Waals surface area contributed by atoms with Crippen LogP contribution in [0, 0.1) is 17.3 Å². The lowest BCUT2D eigenvalue weighted by Crippen LogP contribution is -2.49. The van der Waals surface area contributed by atoms with E-state index in [4.69, 9.17) is 0 Å². The number of rotatable bonds is 1. The van der Waals surface area contributed by atoms with Gasteiger partial charge in [-0.15, -0.1) is 0 Å². The zero-order valence-corrected chi connectivity index (χ0v) is 12.2. The molecule has 4 atom stereocenters. The fourth-order valence-corrected chi connectivity index (χ4v) is 4.82. The van der Waals surface area contributed by atoms with Crippen LogP contribution in [0.2, 0.25) is 0 Å². The maximum absolute atomic E-state index is 4.57. The Kier molecular flexibility index (Phi) is 2.92. The van der Waals surface area contributed by atoms with Crippen LogP contribution in [0.25, 0.3) is 0 Å². The van der Waals surface area contributed by atoms with Crippen molar-refractivity contribution in [2.45, 2.75) is 51.1 Å². The van der Waals surface area contributed by atoms with Crippen LogP contribution in [0.15, 0.2) is 4.99 Å². The summed E-state index contributed by atoms with van der Waals surface area (Å²) in [6.45, 7) is 2.44. The van der Waals surface area contributed by atoms with Gasteiger partial charge in [-0.05, 0) is 51.6 Å². The maximum Gasteiger partial charge on any atom is 0.103 e. The van der Waals surface area contributed by atoms with Crippen molar-refractivity contribution in [1.29, 1.82) is 0 Å². The van der Waals surface area contributed by atoms with Crippen molar-refractivity contribution in [1.82, 2.24) is 10.2 Å². The predicted molar refractivity (Wildman–Crippen MR) is 75.9 cm³/mol. The van der Waals surface area contributed by atoms with Gasteiger partial charge in [-0.3, -0.25) is 4.99 Å². The molecule has 0 aromatic rings. The van der Waals surface area contributed by atoms with E-state index in [1.165, 1.54) is 37.9 Å². The summed E-state index contributed by atoms with van der Waals surface area (Å²) in [5, 5.41) is 3.76. The molecule has 3 heteroatoms. The quantitative estimate of drug-likeness (QED) is 0.771. The Balaban J connectivity index is 1.85. The molecule has 2 aliphatic carbocycles. The third-order valence-corrected chi connectivity index (χ3v) is 5.90. The summed E-state index contributed by atoms with van der Waals surface area (Å²) in [6.07, 6.45) is 6.80. The van der Waals surface area contributed by atoms with Crippen LogP contribution in [0.1, 0.15) is 39.0 Å². The monoisotopic (exact) mass is 249 g/mol. The van der Waals surface area contributed by atoms with E-state index < -0.39 is 0 Å². The highest BCUT2D eigenvalue weighted by molar-refractivity contribution is 5.92. The van der Waals surface area contributed by atoms with E-state index in [0.717, 1.165) is 17.9 Å². The van der Waals surface area contributed by atoms with E-state index in [9.17, 15) is 0 Å². The minimum atomic E-state index is 0.449. The number of hydrogen-bond acceptors (Lipinski definition) is 2. The molecule has 2 saturated carbocycles. The van der Waals surface area contributed by atoms with E-state index in [1.54, 1.807) is 0 Å². The number of aliphatic imine (C=N–C) groups is 1. The summed E-state index contributed by atoms with van der Waals surface area (Å²) < 4.78 is 0. The average Bonchev–Trinajstić information content (AvgIpc) is 2.60. The van der Waals surface area contributed by atoms with Gasteiger partial charge in [-0.1, -0.05) is 13.3 Å². The molecule has 0 amide bonds. The van der Waals surface area contributed by atoms with Crippen molar-refractivity contribution >= 4 is 5.84 Å². The van der Waals surface area contributed by atoms with Gasteiger partial charge in [0.1, 0.15) is 5.84 Å². The molecule has 18 heavy (non-hydrogen) atoms. The first-order chi connectivity index (χ1) is 8.58. The Morgan fingerprint density at radius 2 is 2.00 bits per heavy atom. The molecule has 1 N–H and O–H groups in total. The molecule has 0 aromatic carbocycles. The molecular weight excluding hydrogens is 222 g/mol. The zero-order valence-electron chi connectivity index (χ0n) is 12.2. The molecule has 3 aliphatic rings. The smallest absolute Gasteiger partial charge is 0.103 e. The summed E-state index contributed by atoms with van der Waals surface area (Å²) in [7, 11) is 6.42. The highest BCUT2D eigenvalue weighted by atomic mass is 15.1. The van der Waals surface area contributed by atoms with Gasteiger partial charge in [0.25, 0.3) is 0 Å².